The Balaban J connectivity index is 1.21. The van der Waals surface area contributed by atoms with Gasteiger partial charge in [0.25, 0.3) is 0 Å². The Hall–Kier alpha value is -2.52. The van der Waals surface area contributed by atoms with Crippen molar-refractivity contribution in [3.8, 4) is 22.2 Å². The maximum Gasteiger partial charge on any atom is 0.230 e. The first-order valence-electron chi connectivity index (χ1n) is 8.52. The van der Waals surface area contributed by atoms with Crippen molar-refractivity contribution in [1.29, 1.82) is 0 Å². The zero-order valence-corrected chi connectivity index (χ0v) is 16.1. The molecule has 0 saturated carbocycles. The van der Waals surface area contributed by atoms with E-state index >= 15 is 0 Å². The average Bonchev–Trinajstić information content (AvgIpc) is 3.38. The molecule has 0 bridgehead atoms. The Morgan fingerprint density at radius 2 is 2.15 bits per heavy atom. The Morgan fingerprint density at radius 3 is 3.00 bits per heavy atom. The summed E-state index contributed by atoms with van der Waals surface area (Å²) in [4.78, 5) is 17.5. The van der Waals surface area contributed by atoms with E-state index in [-0.39, 0.29) is 11.7 Å². The van der Waals surface area contributed by atoms with Gasteiger partial charge in [0.05, 0.1) is 10.6 Å². The Morgan fingerprint density at radius 1 is 1.26 bits per heavy atom. The van der Waals surface area contributed by atoms with Gasteiger partial charge in [-0.05, 0) is 35.6 Å². The molecular weight excluding hydrogens is 384 g/mol. The second-order valence-electron chi connectivity index (χ2n) is 5.81. The van der Waals surface area contributed by atoms with Crippen LogP contribution in [-0.2, 0) is 11.2 Å². The number of thiophene rings is 1. The topological polar surface area (TPSA) is 89.1 Å². The van der Waals surface area contributed by atoms with E-state index in [1.807, 2.05) is 35.7 Å². The highest BCUT2D eigenvalue weighted by molar-refractivity contribution is 7.99. The van der Waals surface area contributed by atoms with Gasteiger partial charge in [0.1, 0.15) is 13.2 Å². The number of thioether (sulfide) groups is 1. The molecule has 1 amide bonds. The molecule has 1 aliphatic rings. The SMILES string of the molecule is O=C(CSc1n[nH]c(-c2cccs2)n1)NCCc1ccc2c(c1)OCCO2. The highest BCUT2D eigenvalue weighted by atomic mass is 32.2. The standard InChI is InChI=1S/C18H18N4O3S2/c23-16(11-27-18-20-17(21-22-18)15-2-1-9-26-15)19-6-5-12-3-4-13-14(10-12)25-8-7-24-13/h1-4,9-10H,5-8,11H2,(H,19,23)(H,20,21,22). The van der Waals surface area contributed by atoms with Crippen LogP contribution in [0.5, 0.6) is 11.5 Å². The second-order valence-corrected chi connectivity index (χ2v) is 7.70. The van der Waals surface area contributed by atoms with E-state index in [4.69, 9.17) is 9.47 Å². The van der Waals surface area contributed by atoms with Crippen molar-refractivity contribution in [3.63, 3.8) is 0 Å². The van der Waals surface area contributed by atoms with Crippen LogP contribution in [0.2, 0.25) is 0 Å². The van der Waals surface area contributed by atoms with Gasteiger partial charge in [-0.3, -0.25) is 9.89 Å². The number of nitrogens with one attached hydrogen (secondary N) is 2. The predicted molar refractivity (Wildman–Crippen MR) is 105 cm³/mol. The van der Waals surface area contributed by atoms with E-state index < -0.39 is 0 Å². The van der Waals surface area contributed by atoms with Crippen LogP contribution in [0.1, 0.15) is 5.56 Å². The van der Waals surface area contributed by atoms with E-state index in [9.17, 15) is 4.79 Å². The number of benzene rings is 1. The van der Waals surface area contributed by atoms with Crippen molar-refractivity contribution in [2.45, 2.75) is 11.6 Å². The fourth-order valence-electron chi connectivity index (χ4n) is 2.61. The van der Waals surface area contributed by atoms with Crippen LogP contribution in [0, 0.1) is 0 Å². The number of carbonyl (C=O) groups is 1. The summed E-state index contributed by atoms with van der Waals surface area (Å²) < 4.78 is 11.1. The number of aromatic amines is 1. The van der Waals surface area contributed by atoms with Gasteiger partial charge in [-0.15, -0.1) is 16.4 Å². The fourth-order valence-corrected chi connectivity index (χ4v) is 3.90. The summed E-state index contributed by atoms with van der Waals surface area (Å²) in [5.41, 5.74) is 1.10. The zero-order chi connectivity index (χ0) is 18.5. The molecule has 0 aliphatic carbocycles. The predicted octanol–water partition coefficient (Wildman–Crippen LogP) is 2.76. The summed E-state index contributed by atoms with van der Waals surface area (Å²) in [6.07, 6.45) is 0.732. The number of carbonyl (C=O) groups excluding carboxylic acids is 1. The van der Waals surface area contributed by atoms with Crippen molar-refractivity contribution in [2.75, 3.05) is 25.5 Å². The Kier molecular flexibility index (Phi) is 5.59. The summed E-state index contributed by atoms with van der Waals surface area (Å²) in [7, 11) is 0. The largest absolute Gasteiger partial charge is 0.486 e. The van der Waals surface area contributed by atoms with Crippen molar-refractivity contribution in [2.24, 2.45) is 0 Å². The molecule has 0 fully saturated rings. The van der Waals surface area contributed by atoms with Crippen LogP contribution < -0.4 is 14.8 Å². The Bertz CT molecular complexity index is 911. The first-order chi connectivity index (χ1) is 13.3. The number of rotatable bonds is 7. The lowest BCUT2D eigenvalue weighted by atomic mass is 10.1. The third kappa shape index (κ3) is 4.61. The van der Waals surface area contributed by atoms with Crippen molar-refractivity contribution < 1.29 is 14.3 Å². The Labute approximate surface area is 164 Å². The van der Waals surface area contributed by atoms with E-state index in [1.54, 1.807) is 11.3 Å². The van der Waals surface area contributed by atoms with Gasteiger partial charge in [-0.25, -0.2) is 4.98 Å². The van der Waals surface area contributed by atoms with Gasteiger partial charge >= 0.3 is 0 Å². The molecule has 3 heterocycles. The van der Waals surface area contributed by atoms with Crippen LogP contribution in [0.4, 0.5) is 0 Å². The first-order valence-corrected chi connectivity index (χ1v) is 10.4. The minimum atomic E-state index is -0.0417. The van der Waals surface area contributed by atoms with Gasteiger partial charge < -0.3 is 14.8 Å². The highest BCUT2D eigenvalue weighted by Crippen LogP contribution is 2.30. The highest BCUT2D eigenvalue weighted by Gasteiger charge is 2.12. The number of amides is 1. The molecule has 3 aromatic rings. The number of fused-ring (bicyclic) bond motifs is 1. The molecule has 27 heavy (non-hydrogen) atoms. The number of aromatic nitrogens is 3. The van der Waals surface area contributed by atoms with E-state index in [2.05, 4.69) is 20.5 Å². The number of hydrogen-bond acceptors (Lipinski definition) is 7. The number of H-pyrrole nitrogens is 1. The summed E-state index contributed by atoms with van der Waals surface area (Å²) in [5, 5.41) is 12.5. The van der Waals surface area contributed by atoms with Gasteiger partial charge in [-0.1, -0.05) is 23.9 Å². The molecule has 2 N–H and O–H groups in total. The number of ether oxygens (including phenoxy) is 2. The smallest absolute Gasteiger partial charge is 0.230 e. The molecule has 4 rings (SSSR count). The minimum absolute atomic E-state index is 0.0417. The van der Waals surface area contributed by atoms with Crippen molar-refractivity contribution >= 4 is 29.0 Å². The van der Waals surface area contributed by atoms with Crippen LogP contribution >= 0.6 is 23.1 Å². The monoisotopic (exact) mass is 402 g/mol. The lowest BCUT2D eigenvalue weighted by Gasteiger charge is -2.18. The van der Waals surface area contributed by atoms with E-state index in [0.717, 1.165) is 34.2 Å². The minimum Gasteiger partial charge on any atom is -0.486 e. The molecule has 1 aliphatic heterocycles. The first kappa shape index (κ1) is 17.9. The van der Waals surface area contributed by atoms with Gasteiger partial charge in [0, 0.05) is 6.54 Å². The molecule has 0 atom stereocenters. The van der Waals surface area contributed by atoms with Crippen LogP contribution in [0.3, 0.4) is 0 Å². The number of nitrogens with zero attached hydrogens (tertiary/aromatic N) is 2. The van der Waals surface area contributed by atoms with E-state index in [1.165, 1.54) is 11.8 Å². The molecule has 9 heteroatoms. The summed E-state index contributed by atoms with van der Waals surface area (Å²) in [6.45, 7) is 1.72. The van der Waals surface area contributed by atoms with Crippen LogP contribution in [-0.4, -0.2) is 46.6 Å². The molecule has 7 nitrogen and oxygen atoms in total. The fraction of sp³-hybridized carbons (Fsp3) is 0.278. The maximum atomic E-state index is 12.0. The van der Waals surface area contributed by atoms with Gasteiger partial charge in [0.2, 0.25) is 11.1 Å². The average molecular weight is 403 g/mol. The lowest BCUT2D eigenvalue weighted by Crippen LogP contribution is -2.27. The zero-order valence-electron chi connectivity index (χ0n) is 14.4. The molecule has 0 unspecified atom stereocenters. The summed E-state index contributed by atoms with van der Waals surface area (Å²) >= 11 is 2.91. The molecule has 0 spiro atoms. The molecule has 0 radical (unpaired) electrons. The van der Waals surface area contributed by atoms with Crippen molar-refractivity contribution in [3.05, 3.63) is 41.3 Å². The van der Waals surface area contributed by atoms with Crippen molar-refractivity contribution in [1.82, 2.24) is 20.5 Å². The molecule has 0 saturated heterocycles. The maximum absolute atomic E-state index is 12.0. The third-order valence-corrected chi connectivity index (χ3v) is 5.62. The quantitative estimate of drug-likeness (QED) is 0.591. The van der Waals surface area contributed by atoms with E-state index in [0.29, 0.717) is 24.9 Å². The summed E-state index contributed by atoms with van der Waals surface area (Å²) in [6, 6.07) is 9.81. The normalized spacial score (nSPS) is 12.7. The molecular formula is C18H18N4O3S2. The molecule has 140 valence electrons. The lowest BCUT2D eigenvalue weighted by molar-refractivity contribution is -0.118. The van der Waals surface area contributed by atoms with Gasteiger partial charge in [-0.2, -0.15) is 0 Å². The summed E-state index contributed by atoms with van der Waals surface area (Å²) in [5.74, 6) is 2.51. The van der Waals surface area contributed by atoms with Crippen LogP contribution in [0.25, 0.3) is 10.7 Å². The van der Waals surface area contributed by atoms with Crippen LogP contribution in [0.15, 0.2) is 40.9 Å². The third-order valence-electron chi connectivity index (χ3n) is 3.89. The van der Waals surface area contributed by atoms with Gasteiger partial charge in [0.15, 0.2) is 17.3 Å². The molecule has 2 aromatic heterocycles. The number of hydrogen-bond donors (Lipinski definition) is 2. The molecule has 1 aromatic carbocycles. The second kappa shape index (κ2) is 8.45.